The van der Waals surface area contributed by atoms with Crippen LogP contribution >= 0.6 is 0 Å². The number of nitrogens with one attached hydrogen (secondary N) is 1. The van der Waals surface area contributed by atoms with Gasteiger partial charge in [-0.05, 0) is 20.8 Å². The van der Waals surface area contributed by atoms with E-state index < -0.39 is 5.54 Å². The summed E-state index contributed by atoms with van der Waals surface area (Å²) in [5, 5.41) is 7.61. The fourth-order valence-electron chi connectivity index (χ4n) is 2.00. The molecule has 1 rings (SSSR count). The number of amides is 2. The van der Waals surface area contributed by atoms with E-state index in [1.165, 1.54) is 0 Å². The second-order valence-corrected chi connectivity index (χ2v) is 5.24. The number of carbonyl (C=O) groups is 1. The lowest BCUT2D eigenvalue weighted by Gasteiger charge is -2.43. The molecule has 1 aliphatic rings. The lowest BCUT2D eigenvalue weighted by molar-refractivity contribution is 0.0860. The lowest BCUT2D eigenvalue weighted by Crippen LogP contribution is -2.61. The van der Waals surface area contributed by atoms with Crippen molar-refractivity contribution in [2.45, 2.75) is 26.3 Å². The van der Waals surface area contributed by atoms with Crippen molar-refractivity contribution in [1.82, 2.24) is 14.7 Å². The molecule has 1 saturated heterocycles. The minimum atomic E-state index is -0.425. The third-order valence-electron chi connectivity index (χ3n) is 3.80. The molecule has 18 heavy (non-hydrogen) atoms. The molecule has 0 atom stereocenters. The summed E-state index contributed by atoms with van der Waals surface area (Å²) < 4.78 is 0. The van der Waals surface area contributed by atoms with Crippen LogP contribution in [0.1, 0.15) is 20.8 Å². The number of carbonyl (C=O) groups excluding carboxylic acids is 1. The molecule has 2 amide bonds. The molecule has 0 aromatic rings. The van der Waals surface area contributed by atoms with Crippen molar-refractivity contribution in [2.75, 3.05) is 39.8 Å². The highest BCUT2D eigenvalue weighted by atomic mass is 16.2. The monoisotopic (exact) mass is 255 g/mol. The van der Waals surface area contributed by atoms with Crippen LogP contribution in [0.15, 0.2) is 0 Å². The van der Waals surface area contributed by atoms with Crippen LogP contribution in [0.2, 0.25) is 0 Å². The number of amidine groups is 1. The molecule has 0 bridgehead atoms. The summed E-state index contributed by atoms with van der Waals surface area (Å²) in [4.78, 5) is 17.7. The zero-order valence-corrected chi connectivity index (χ0v) is 11.9. The predicted octanol–water partition coefficient (Wildman–Crippen LogP) is 0.390. The molecule has 1 fully saturated rings. The second kappa shape index (κ2) is 5.56. The van der Waals surface area contributed by atoms with Crippen LogP contribution in [0.25, 0.3) is 0 Å². The quantitative estimate of drug-likeness (QED) is 0.566. The van der Waals surface area contributed by atoms with Gasteiger partial charge in [-0.3, -0.25) is 10.3 Å². The van der Waals surface area contributed by atoms with Crippen LogP contribution in [0.5, 0.6) is 0 Å². The van der Waals surface area contributed by atoms with Gasteiger partial charge in [0.25, 0.3) is 0 Å². The summed E-state index contributed by atoms with van der Waals surface area (Å²) in [6, 6.07) is 0.0813. The van der Waals surface area contributed by atoms with Gasteiger partial charge in [-0.25, -0.2) is 4.79 Å². The number of urea groups is 1. The fraction of sp³-hybridized carbons (Fsp3) is 0.833. The fourth-order valence-corrected chi connectivity index (χ4v) is 2.00. The Morgan fingerprint density at radius 1 is 1.33 bits per heavy atom. The largest absolute Gasteiger partial charge is 0.386 e. The molecule has 0 saturated carbocycles. The zero-order valence-electron chi connectivity index (χ0n) is 11.9. The number of nitrogens with two attached hydrogens (primary N) is 1. The van der Waals surface area contributed by atoms with Crippen LogP contribution < -0.4 is 5.73 Å². The summed E-state index contributed by atoms with van der Waals surface area (Å²) >= 11 is 0. The van der Waals surface area contributed by atoms with E-state index in [1.807, 2.05) is 32.7 Å². The minimum absolute atomic E-state index is 0.0813. The third-order valence-corrected chi connectivity index (χ3v) is 3.80. The maximum atomic E-state index is 12.0. The van der Waals surface area contributed by atoms with Gasteiger partial charge in [0.05, 0.1) is 5.54 Å². The minimum Gasteiger partial charge on any atom is -0.386 e. The first-order valence-electron chi connectivity index (χ1n) is 6.40. The van der Waals surface area contributed by atoms with Crippen LogP contribution in [-0.2, 0) is 0 Å². The molecule has 0 aromatic carbocycles. The van der Waals surface area contributed by atoms with Crippen molar-refractivity contribution >= 4 is 11.9 Å². The molecule has 0 radical (unpaired) electrons. The van der Waals surface area contributed by atoms with Crippen molar-refractivity contribution in [3.05, 3.63) is 0 Å². The average Bonchev–Trinajstić information content (AvgIpc) is 2.36. The highest BCUT2D eigenvalue weighted by Crippen LogP contribution is 2.17. The first-order chi connectivity index (χ1) is 8.30. The van der Waals surface area contributed by atoms with Gasteiger partial charge in [0.15, 0.2) is 0 Å². The van der Waals surface area contributed by atoms with E-state index in [0.717, 1.165) is 19.6 Å². The summed E-state index contributed by atoms with van der Waals surface area (Å²) in [7, 11) is 1.81. The zero-order chi connectivity index (χ0) is 13.9. The van der Waals surface area contributed by atoms with E-state index in [1.54, 1.807) is 4.90 Å². The smallest absolute Gasteiger partial charge is 0.319 e. The van der Waals surface area contributed by atoms with E-state index in [-0.39, 0.29) is 11.9 Å². The Kier molecular flexibility index (Phi) is 4.56. The summed E-state index contributed by atoms with van der Waals surface area (Å²) in [5.41, 5.74) is 5.19. The van der Waals surface area contributed by atoms with Crippen molar-refractivity contribution < 1.29 is 4.79 Å². The molecule has 6 nitrogen and oxygen atoms in total. The van der Waals surface area contributed by atoms with Crippen molar-refractivity contribution in [1.29, 1.82) is 5.41 Å². The second-order valence-electron chi connectivity index (χ2n) is 5.24. The third kappa shape index (κ3) is 2.93. The van der Waals surface area contributed by atoms with Crippen LogP contribution in [-0.4, -0.2) is 71.9 Å². The number of piperazine rings is 1. The van der Waals surface area contributed by atoms with Gasteiger partial charge >= 0.3 is 6.03 Å². The molecule has 0 aromatic heterocycles. The Morgan fingerprint density at radius 2 is 1.83 bits per heavy atom. The maximum absolute atomic E-state index is 12.0. The number of rotatable bonds is 3. The van der Waals surface area contributed by atoms with Crippen LogP contribution in [0.3, 0.4) is 0 Å². The average molecular weight is 255 g/mol. The van der Waals surface area contributed by atoms with Crippen molar-refractivity contribution in [3.63, 3.8) is 0 Å². The molecular formula is C12H25N5O. The van der Waals surface area contributed by atoms with E-state index in [9.17, 15) is 4.79 Å². The first kappa shape index (κ1) is 14.8. The van der Waals surface area contributed by atoms with Gasteiger partial charge in [-0.2, -0.15) is 0 Å². The van der Waals surface area contributed by atoms with Gasteiger partial charge in [0, 0.05) is 39.8 Å². The Balaban J connectivity index is 2.56. The van der Waals surface area contributed by atoms with Gasteiger partial charge < -0.3 is 15.5 Å². The molecule has 1 aliphatic heterocycles. The molecule has 0 unspecified atom stereocenters. The highest BCUT2D eigenvalue weighted by molar-refractivity contribution is 5.86. The Hall–Kier alpha value is -1.30. The number of hydrogen-bond acceptors (Lipinski definition) is 3. The normalized spacial score (nSPS) is 17.7. The predicted molar refractivity (Wildman–Crippen MR) is 72.8 cm³/mol. The molecule has 1 heterocycles. The number of nitrogens with zero attached hydrogens (tertiary/aromatic N) is 3. The van der Waals surface area contributed by atoms with Crippen LogP contribution in [0.4, 0.5) is 4.79 Å². The molecule has 104 valence electrons. The van der Waals surface area contributed by atoms with Gasteiger partial charge in [-0.1, -0.05) is 0 Å². The van der Waals surface area contributed by atoms with Crippen LogP contribution in [0, 0.1) is 5.41 Å². The van der Waals surface area contributed by atoms with E-state index in [2.05, 4.69) is 4.90 Å². The lowest BCUT2D eigenvalue weighted by atomic mass is 10.0. The standard InChI is InChI=1S/C12H25N5O/c1-5-15(4)11(18)16-6-8-17(9-7-16)12(2,3)10(13)14/h5-9H2,1-4H3,(H3,13,14). The Morgan fingerprint density at radius 3 is 2.22 bits per heavy atom. The summed E-state index contributed by atoms with van der Waals surface area (Å²) in [6.45, 7) is 9.49. The Bertz CT molecular complexity index is 320. The Labute approximate surface area is 109 Å². The molecule has 0 spiro atoms. The van der Waals surface area contributed by atoms with Crippen molar-refractivity contribution in [3.8, 4) is 0 Å². The summed E-state index contributed by atoms with van der Waals surface area (Å²) in [6.07, 6.45) is 0. The van der Waals surface area contributed by atoms with Gasteiger partial charge in [0.1, 0.15) is 5.84 Å². The van der Waals surface area contributed by atoms with E-state index >= 15 is 0 Å². The van der Waals surface area contributed by atoms with E-state index in [4.69, 9.17) is 11.1 Å². The van der Waals surface area contributed by atoms with Gasteiger partial charge in [-0.15, -0.1) is 0 Å². The SMILES string of the molecule is CCN(C)C(=O)N1CCN(C(C)(C)C(=N)N)CC1. The van der Waals surface area contributed by atoms with Crippen molar-refractivity contribution in [2.24, 2.45) is 5.73 Å². The molecular weight excluding hydrogens is 230 g/mol. The van der Waals surface area contributed by atoms with Gasteiger partial charge in [0.2, 0.25) is 0 Å². The topological polar surface area (TPSA) is 76.7 Å². The number of hydrogen-bond donors (Lipinski definition) is 2. The molecule has 3 N–H and O–H groups in total. The molecule has 6 heteroatoms. The molecule has 0 aliphatic carbocycles. The highest BCUT2D eigenvalue weighted by Gasteiger charge is 2.33. The first-order valence-corrected chi connectivity index (χ1v) is 6.40. The summed E-state index contributed by atoms with van der Waals surface area (Å²) in [5.74, 6) is 0.174. The van der Waals surface area contributed by atoms with E-state index in [0.29, 0.717) is 13.1 Å². The maximum Gasteiger partial charge on any atom is 0.319 e.